The predicted molar refractivity (Wildman–Crippen MR) is 84.1 cm³/mol. The van der Waals surface area contributed by atoms with Crippen LogP contribution in [-0.4, -0.2) is 27.9 Å². The Balaban J connectivity index is 1.63. The van der Waals surface area contributed by atoms with Crippen molar-refractivity contribution >= 4 is 27.8 Å². The van der Waals surface area contributed by atoms with E-state index in [-0.39, 0.29) is 11.8 Å². The highest BCUT2D eigenvalue weighted by atomic mass is 79.9. The van der Waals surface area contributed by atoms with E-state index in [9.17, 15) is 14.7 Å². The van der Waals surface area contributed by atoms with Crippen LogP contribution in [0.4, 0.5) is 0 Å². The molecule has 4 rings (SSSR count). The summed E-state index contributed by atoms with van der Waals surface area (Å²) in [6.07, 6.45) is 3.88. The lowest BCUT2D eigenvalue weighted by Crippen LogP contribution is -2.49. The molecule has 1 aromatic rings. The van der Waals surface area contributed by atoms with Gasteiger partial charge in [-0.2, -0.15) is 0 Å². The van der Waals surface area contributed by atoms with E-state index in [0.717, 1.165) is 28.4 Å². The van der Waals surface area contributed by atoms with Gasteiger partial charge in [0.05, 0.1) is 0 Å². The van der Waals surface area contributed by atoms with Crippen molar-refractivity contribution in [3.05, 3.63) is 33.8 Å². The fraction of sp³-hybridized carbons (Fsp3) is 0.529. The van der Waals surface area contributed by atoms with E-state index in [4.69, 9.17) is 0 Å². The summed E-state index contributed by atoms with van der Waals surface area (Å²) in [5.41, 5.74) is 2.08. The van der Waals surface area contributed by atoms with Crippen molar-refractivity contribution in [3.63, 3.8) is 0 Å². The van der Waals surface area contributed by atoms with Crippen molar-refractivity contribution in [2.45, 2.75) is 38.3 Å². The van der Waals surface area contributed by atoms with Crippen LogP contribution in [0.25, 0.3) is 0 Å². The second-order valence-electron chi connectivity index (χ2n) is 6.69. The van der Waals surface area contributed by atoms with Gasteiger partial charge in [0.1, 0.15) is 6.04 Å². The number of amides is 1. The lowest BCUT2D eigenvalue weighted by molar-refractivity contribution is -0.152. The lowest BCUT2D eigenvalue weighted by Gasteiger charge is -2.35. The van der Waals surface area contributed by atoms with Gasteiger partial charge in [0.2, 0.25) is 5.91 Å². The molecule has 3 aliphatic rings. The van der Waals surface area contributed by atoms with E-state index in [2.05, 4.69) is 15.9 Å². The number of aliphatic carboxylic acids is 1. The first-order valence-electron chi connectivity index (χ1n) is 7.87. The number of carboxylic acid groups (broad SMARTS) is 1. The summed E-state index contributed by atoms with van der Waals surface area (Å²) in [5.74, 6) is 0.286. The second kappa shape index (κ2) is 5.08. The zero-order chi connectivity index (χ0) is 15.4. The molecular formula is C17H18BrNO3. The maximum atomic E-state index is 12.8. The predicted octanol–water partition coefficient (Wildman–Crippen LogP) is 2.83. The molecule has 2 fully saturated rings. The van der Waals surface area contributed by atoms with Crippen LogP contribution < -0.4 is 0 Å². The van der Waals surface area contributed by atoms with Crippen LogP contribution in [-0.2, 0) is 22.6 Å². The monoisotopic (exact) mass is 363 g/mol. The van der Waals surface area contributed by atoms with Gasteiger partial charge in [0, 0.05) is 23.4 Å². The number of fused-ring (bicyclic) bond motifs is 2. The quantitative estimate of drug-likeness (QED) is 0.878. The van der Waals surface area contributed by atoms with Gasteiger partial charge >= 0.3 is 5.97 Å². The molecule has 2 saturated carbocycles. The maximum Gasteiger partial charge on any atom is 0.326 e. The van der Waals surface area contributed by atoms with Gasteiger partial charge in [-0.25, -0.2) is 4.79 Å². The van der Waals surface area contributed by atoms with Gasteiger partial charge in [0.15, 0.2) is 0 Å². The summed E-state index contributed by atoms with van der Waals surface area (Å²) < 4.78 is 0.937. The van der Waals surface area contributed by atoms with Gasteiger partial charge < -0.3 is 10.0 Å². The number of carbonyl (C=O) groups is 2. The van der Waals surface area contributed by atoms with Crippen molar-refractivity contribution in [1.82, 2.24) is 4.90 Å². The van der Waals surface area contributed by atoms with E-state index in [1.54, 1.807) is 4.90 Å². The molecule has 1 aliphatic heterocycles. The minimum absolute atomic E-state index is 0.0627. The summed E-state index contributed by atoms with van der Waals surface area (Å²) in [6.45, 7) is 0.417. The summed E-state index contributed by atoms with van der Waals surface area (Å²) >= 11 is 3.50. The molecule has 1 aromatic carbocycles. The normalized spacial score (nSPS) is 32.3. The topological polar surface area (TPSA) is 57.6 Å². The molecule has 1 N–H and O–H groups in total. The van der Waals surface area contributed by atoms with Crippen molar-refractivity contribution in [1.29, 1.82) is 0 Å². The van der Waals surface area contributed by atoms with Crippen molar-refractivity contribution < 1.29 is 14.7 Å². The first-order valence-corrected chi connectivity index (χ1v) is 8.67. The smallest absolute Gasteiger partial charge is 0.326 e. The van der Waals surface area contributed by atoms with Gasteiger partial charge in [-0.15, -0.1) is 0 Å². The molecule has 1 amide bonds. The number of carboxylic acids is 1. The fourth-order valence-electron chi connectivity index (χ4n) is 4.41. The minimum Gasteiger partial charge on any atom is -0.480 e. The van der Waals surface area contributed by atoms with Gasteiger partial charge in [-0.05, 0) is 41.9 Å². The minimum atomic E-state index is -0.902. The second-order valence-corrected chi connectivity index (χ2v) is 7.54. The molecule has 4 nitrogen and oxygen atoms in total. The zero-order valence-corrected chi connectivity index (χ0v) is 13.8. The summed E-state index contributed by atoms with van der Waals surface area (Å²) in [5, 5.41) is 9.57. The third-order valence-electron chi connectivity index (χ3n) is 5.59. The SMILES string of the molecule is O=C(O)C1Cc2c(Br)cccc2CN1C(=O)C1C2CCCC21. The highest BCUT2D eigenvalue weighted by Gasteiger charge is 2.58. The number of nitrogens with zero attached hydrogens (tertiary/aromatic N) is 1. The molecule has 3 unspecified atom stereocenters. The first-order chi connectivity index (χ1) is 10.6. The molecule has 3 atom stereocenters. The molecule has 22 heavy (non-hydrogen) atoms. The number of benzene rings is 1. The van der Waals surface area contributed by atoms with Crippen molar-refractivity contribution in [3.8, 4) is 0 Å². The summed E-state index contributed by atoms with van der Waals surface area (Å²) in [7, 11) is 0. The van der Waals surface area contributed by atoms with Gasteiger partial charge in [-0.3, -0.25) is 4.79 Å². The molecule has 2 aliphatic carbocycles. The highest BCUT2D eigenvalue weighted by molar-refractivity contribution is 9.10. The number of halogens is 1. The third-order valence-corrected chi connectivity index (χ3v) is 6.33. The Morgan fingerprint density at radius 2 is 1.95 bits per heavy atom. The molecule has 1 heterocycles. The number of hydrogen-bond acceptors (Lipinski definition) is 2. The fourth-order valence-corrected chi connectivity index (χ4v) is 4.98. The lowest BCUT2D eigenvalue weighted by atomic mass is 9.93. The average molecular weight is 364 g/mol. The summed E-state index contributed by atoms with van der Waals surface area (Å²) in [6, 6.07) is 5.13. The molecule has 116 valence electrons. The Labute approximate surface area is 137 Å². The molecule has 0 aromatic heterocycles. The van der Waals surface area contributed by atoms with Crippen LogP contribution in [0.3, 0.4) is 0 Å². The average Bonchev–Trinajstić information content (AvgIpc) is 2.97. The molecular weight excluding hydrogens is 346 g/mol. The Hall–Kier alpha value is -1.36. The Kier molecular flexibility index (Phi) is 3.29. The zero-order valence-electron chi connectivity index (χ0n) is 12.2. The van der Waals surface area contributed by atoms with E-state index in [1.165, 1.54) is 6.42 Å². The van der Waals surface area contributed by atoms with Crippen molar-refractivity contribution in [2.75, 3.05) is 0 Å². The molecule has 0 saturated heterocycles. The van der Waals surface area contributed by atoms with E-state index >= 15 is 0 Å². The number of carbonyl (C=O) groups excluding carboxylic acids is 1. The van der Waals surface area contributed by atoms with Crippen molar-refractivity contribution in [2.24, 2.45) is 17.8 Å². The first kappa shape index (κ1) is 14.2. The molecule has 0 spiro atoms. The standard InChI is InChI=1S/C17H18BrNO3/c18-13-6-1-3-9-8-19(14(17(21)22)7-12(9)13)16(20)15-10-4-2-5-11(10)15/h1,3,6,10-11,14-15H,2,4-5,7-8H2,(H,21,22). The largest absolute Gasteiger partial charge is 0.480 e. The van der Waals surface area contributed by atoms with Crippen LogP contribution >= 0.6 is 15.9 Å². The van der Waals surface area contributed by atoms with Crippen LogP contribution in [0.1, 0.15) is 30.4 Å². The third kappa shape index (κ3) is 2.09. The van der Waals surface area contributed by atoms with Crippen LogP contribution in [0.15, 0.2) is 22.7 Å². The summed E-state index contributed by atoms with van der Waals surface area (Å²) in [4.78, 5) is 26.1. The van der Waals surface area contributed by atoms with E-state index in [0.29, 0.717) is 24.8 Å². The Morgan fingerprint density at radius 1 is 1.23 bits per heavy atom. The van der Waals surface area contributed by atoms with Crippen LogP contribution in [0.2, 0.25) is 0 Å². The number of rotatable bonds is 2. The number of hydrogen-bond donors (Lipinski definition) is 1. The van der Waals surface area contributed by atoms with Crippen LogP contribution in [0, 0.1) is 17.8 Å². The maximum absolute atomic E-state index is 12.8. The van der Waals surface area contributed by atoms with Crippen LogP contribution in [0.5, 0.6) is 0 Å². The van der Waals surface area contributed by atoms with E-state index in [1.807, 2.05) is 18.2 Å². The Morgan fingerprint density at radius 3 is 2.64 bits per heavy atom. The van der Waals surface area contributed by atoms with Gasteiger partial charge in [-0.1, -0.05) is 34.5 Å². The Bertz CT molecular complexity index is 649. The molecule has 5 heteroatoms. The highest BCUT2D eigenvalue weighted by Crippen LogP contribution is 2.58. The van der Waals surface area contributed by atoms with E-state index < -0.39 is 12.0 Å². The molecule has 0 radical (unpaired) electrons. The molecule has 0 bridgehead atoms. The van der Waals surface area contributed by atoms with Gasteiger partial charge in [0.25, 0.3) is 0 Å².